The van der Waals surface area contributed by atoms with E-state index in [0.717, 1.165) is 6.07 Å². The van der Waals surface area contributed by atoms with Crippen molar-refractivity contribution < 1.29 is 19.2 Å². The molecule has 0 atom stereocenters. The molecule has 0 fully saturated rings. The Morgan fingerprint density at radius 3 is 2.65 bits per heavy atom. The van der Waals surface area contributed by atoms with Crippen molar-refractivity contribution in [2.45, 2.75) is 12.8 Å². The SMILES string of the molecule is O=C1c2cc([N+](=O)[O-])oc2CCCN1[N+](=O)[O-]. The highest BCUT2D eigenvalue weighted by molar-refractivity contribution is 5.95. The van der Waals surface area contributed by atoms with Gasteiger partial charge in [-0.15, -0.1) is 0 Å². The third-order valence-corrected chi connectivity index (χ3v) is 2.41. The lowest BCUT2D eigenvalue weighted by Gasteiger charge is -2.07. The van der Waals surface area contributed by atoms with Crippen LogP contribution in [0.5, 0.6) is 0 Å². The second kappa shape index (κ2) is 3.85. The van der Waals surface area contributed by atoms with Crippen LogP contribution in [-0.2, 0) is 6.42 Å². The lowest BCUT2D eigenvalue weighted by molar-refractivity contribution is -0.631. The average molecular weight is 241 g/mol. The molecule has 0 saturated carbocycles. The number of hydrogen-bond donors (Lipinski definition) is 0. The van der Waals surface area contributed by atoms with Crippen LogP contribution in [0.2, 0.25) is 0 Å². The Bertz CT molecular complexity index is 507. The third kappa shape index (κ3) is 1.82. The van der Waals surface area contributed by atoms with Crippen LogP contribution in [0.3, 0.4) is 0 Å². The summed E-state index contributed by atoms with van der Waals surface area (Å²) in [5.41, 5.74) is -0.106. The topological polar surface area (TPSA) is 120 Å². The molecular formula is C8H7N3O6. The molecule has 0 unspecified atom stereocenters. The molecular weight excluding hydrogens is 234 g/mol. The monoisotopic (exact) mass is 241 g/mol. The van der Waals surface area contributed by atoms with E-state index in [9.17, 15) is 25.0 Å². The number of hydrogen-bond acceptors (Lipinski definition) is 6. The minimum absolute atomic E-state index is 0.0379. The molecule has 2 rings (SSSR count). The summed E-state index contributed by atoms with van der Waals surface area (Å²) in [5, 5.41) is 20.7. The number of nitro groups is 2. The average Bonchev–Trinajstić information content (AvgIpc) is 2.61. The molecule has 0 aliphatic carbocycles. The number of furan rings is 1. The van der Waals surface area contributed by atoms with Gasteiger partial charge in [0.25, 0.3) is 0 Å². The number of carbonyl (C=O) groups is 1. The second-order valence-electron chi connectivity index (χ2n) is 3.45. The summed E-state index contributed by atoms with van der Waals surface area (Å²) >= 11 is 0. The van der Waals surface area contributed by atoms with E-state index >= 15 is 0 Å². The summed E-state index contributed by atoms with van der Waals surface area (Å²) in [6.45, 7) is -0.0379. The maximum atomic E-state index is 11.7. The third-order valence-electron chi connectivity index (χ3n) is 2.41. The van der Waals surface area contributed by atoms with Crippen molar-refractivity contribution in [3.63, 3.8) is 0 Å². The van der Waals surface area contributed by atoms with Crippen LogP contribution in [0, 0.1) is 20.2 Å². The van der Waals surface area contributed by atoms with Crippen molar-refractivity contribution in [2.75, 3.05) is 6.54 Å². The van der Waals surface area contributed by atoms with Crippen LogP contribution in [0.1, 0.15) is 22.5 Å². The van der Waals surface area contributed by atoms with Gasteiger partial charge in [-0.3, -0.25) is 14.9 Å². The predicted octanol–water partition coefficient (Wildman–Crippen LogP) is 0.768. The molecule has 90 valence electrons. The molecule has 1 aliphatic heterocycles. The molecule has 0 N–H and O–H groups in total. The summed E-state index contributed by atoms with van der Waals surface area (Å²) in [4.78, 5) is 32.0. The Balaban J connectivity index is 2.43. The van der Waals surface area contributed by atoms with Gasteiger partial charge in [-0.05, 0) is 6.42 Å². The summed E-state index contributed by atoms with van der Waals surface area (Å²) < 4.78 is 4.88. The van der Waals surface area contributed by atoms with E-state index in [1.165, 1.54) is 0 Å². The fourth-order valence-corrected chi connectivity index (χ4v) is 1.66. The van der Waals surface area contributed by atoms with E-state index in [-0.39, 0.29) is 24.3 Å². The summed E-state index contributed by atoms with van der Waals surface area (Å²) in [6, 6.07) is 0.930. The van der Waals surface area contributed by atoms with E-state index in [2.05, 4.69) is 0 Å². The van der Waals surface area contributed by atoms with Crippen LogP contribution >= 0.6 is 0 Å². The molecule has 17 heavy (non-hydrogen) atoms. The van der Waals surface area contributed by atoms with Crippen molar-refractivity contribution in [2.24, 2.45) is 0 Å². The van der Waals surface area contributed by atoms with Crippen LogP contribution < -0.4 is 0 Å². The van der Waals surface area contributed by atoms with Gasteiger partial charge in [0.15, 0.2) is 5.03 Å². The zero-order valence-electron chi connectivity index (χ0n) is 8.49. The molecule has 9 heteroatoms. The standard InChI is InChI=1S/C8H7N3O6/c12-8-5-4-7(10(13)14)17-6(5)2-1-3-9(8)11(15)16/h4H,1-3H2. The second-order valence-corrected chi connectivity index (χ2v) is 3.45. The zero-order chi connectivity index (χ0) is 12.6. The van der Waals surface area contributed by atoms with Crippen LogP contribution in [0.15, 0.2) is 10.5 Å². The lowest BCUT2D eigenvalue weighted by atomic mass is 10.2. The van der Waals surface area contributed by atoms with Crippen LogP contribution in [0.4, 0.5) is 5.88 Å². The van der Waals surface area contributed by atoms with Gasteiger partial charge >= 0.3 is 11.8 Å². The molecule has 1 aromatic rings. The zero-order valence-corrected chi connectivity index (χ0v) is 8.49. The number of hydrazine groups is 1. The highest BCUT2D eigenvalue weighted by Gasteiger charge is 2.34. The first-order chi connectivity index (χ1) is 8.00. The van der Waals surface area contributed by atoms with Gasteiger partial charge in [0, 0.05) is 6.42 Å². The fraction of sp³-hybridized carbons (Fsp3) is 0.375. The largest absolute Gasteiger partial charge is 0.434 e. The normalized spacial score (nSPS) is 15.3. The molecule has 1 aliphatic rings. The van der Waals surface area contributed by atoms with Gasteiger partial charge in [0.1, 0.15) is 10.7 Å². The number of aryl methyl sites for hydroxylation is 1. The van der Waals surface area contributed by atoms with Crippen molar-refractivity contribution in [3.05, 3.63) is 37.6 Å². The first kappa shape index (κ1) is 11.0. The van der Waals surface area contributed by atoms with Gasteiger partial charge in [-0.25, -0.2) is 10.1 Å². The van der Waals surface area contributed by atoms with E-state index in [1.807, 2.05) is 0 Å². The summed E-state index contributed by atoms with van der Waals surface area (Å²) in [6.07, 6.45) is 0.587. The Morgan fingerprint density at radius 2 is 2.06 bits per heavy atom. The Hall–Kier alpha value is -2.45. The first-order valence-electron chi connectivity index (χ1n) is 4.74. The van der Waals surface area contributed by atoms with E-state index in [4.69, 9.17) is 4.42 Å². The maximum absolute atomic E-state index is 11.7. The lowest BCUT2D eigenvalue weighted by Crippen LogP contribution is -2.35. The molecule has 9 nitrogen and oxygen atoms in total. The Morgan fingerprint density at radius 1 is 1.35 bits per heavy atom. The van der Waals surface area contributed by atoms with E-state index in [0.29, 0.717) is 11.4 Å². The molecule has 0 spiro atoms. The smallest absolute Gasteiger partial charge is 0.405 e. The van der Waals surface area contributed by atoms with Crippen molar-refractivity contribution in [1.82, 2.24) is 5.01 Å². The number of carbonyl (C=O) groups excluding carboxylic acids is 1. The van der Waals surface area contributed by atoms with Crippen LogP contribution in [-0.4, -0.2) is 27.4 Å². The highest BCUT2D eigenvalue weighted by Crippen LogP contribution is 2.26. The molecule has 0 aromatic carbocycles. The summed E-state index contributed by atoms with van der Waals surface area (Å²) in [5.74, 6) is -1.32. The maximum Gasteiger partial charge on any atom is 0.434 e. The molecule has 1 aromatic heterocycles. The van der Waals surface area contributed by atoms with Gasteiger partial charge in [-0.2, -0.15) is 0 Å². The molecule has 2 heterocycles. The van der Waals surface area contributed by atoms with Crippen molar-refractivity contribution >= 4 is 11.8 Å². The molecule has 0 radical (unpaired) electrons. The Kier molecular flexibility index (Phi) is 2.50. The first-order valence-corrected chi connectivity index (χ1v) is 4.74. The minimum Gasteiger partial charge on any atom is -0.405 e. The highest BCUT2D eigenvalue weighted by atomic mass is 16.7. The number of rotatable bonds is 2. The van der Waals surface area contributed by atoms with Gasteiger partial charge in [0.05, 0.1) is 18.2 Å². The number of amides is 1. The minimum atomic E-state index is -0.876. The molecule has 0 saturated heterocycles. The van der Waals surface area contributed by atoms with Crippen LogP contribution in [0.25, 0.3) is 0 Å². The summed E-state index contributed by atoms with van der Waals surface area (Å²) in [7, 11) is 0. The fourth-order valence-electron chi connectivity index (χ4n) is 1.66. The predicted molar refractivity (Wildman–Crippen MR) is 51.7 cm³/mol. The van der Waals surface area contributed by atoms with E-state index in [1.54, 1.807) is 0 Å². The van der Waals surface area contributed by atoms with Crippen molar-refractivity contribution in [3.8, 4) is 0 Å². The van der Waals surface area contributed by atoms with Gasteiger partial charge in [-0.1, -0.05) is 5.01 Å². The Labute approximate surface area is 93.9 Å². The number of fused-ring (bicyclic) bond motifs is 1. The molecule has 0 bridgehead atoms. The van der Waals surface area contributed by atoms with Gasteiger partial charge < -0.3 is 4.42 Å². The van der Waals surface area contributed by atoms with E-state index < -0.39 is 21.7 Å². The molecule has 1 amide bonds. The quantitative estimate of drug-likeness (QED) is 0.556. The van der Waals surface area contributed by atoms with Crippen molar-refractivity contribution in [1.29, 1.82) is 0 Å². The van der Waals surface area contributed by atoms with Gasteiger partial charge in [0.2, 0.25) is 0 Å². The number of nitrogens with zero attached hydrogens (tertiary/aromatic N) is 3.